The van der Waals surface area contributed by atoms with Gasteiger partial charge in [-0.05, 0) is 56.6 Å². The fourth-order valence-corrected chi connectivity index (χ4v) is 4.68. The van der Waals surface area contributed by atoms with Crippen molar-refractivity contribution in [2.75, 3.05) is 6.61 Å². The average Bonchev–Trinajstić information content (AvgIpc) is 3.30. The van der Waals surface area contributed by atoms with Gasteiger partial charge in [-0.25, -0.2) is 4.79 Å². The van der Waals surface area contributed by atoms with Crippen molar-refractivity contribution in [3.8, 4) is 0 Å². The Morgan fingerprint density at radius 2 is 1.92 bits per heavy atom. The van der Waals surface area contributed by atoms with Gasteiger partial charge >= 0.3 is 5.97 Å². The molecule has 1 heterocycles. The molecule has 25 heavy (non-hydrogen) atoms. The maximum Gasteiger partial charge on any atom is 0.328 e. The van der Waals surface area contributed by atoms with E-state index in [2.05, 4.69) is 11.4 Å². The first-order chi connectivity index (χ1) is 12.2. The van der Waals surface area contributed by atoms with Gasteiger partial charge in [0.05, 0.1) is 11.5 Å². The minimum absolute atomic E-state index is 0.138. The molecule has 0 spiro atoms. The van der Waals surface area contributed by atoms with E-state index < -0.39 is 6.04 Å². The average molecular weight is 364 g/mol. The summed E-state index contributed by atoms with van der Waals surface area (Å²) >= 11 is 1.56. The van der Waals surface area contributed by atoms with E-state index >= 15 is 0 Å². The van der Waals surface area contributed by atoms with Gasteiger partial charge in [-0.2, -0.15) is 0 Å². The summed E-state index contributed by atoms with van der Waals surface area (Å²) in [4.78, 5) is 26.9. The van der Waals surface area contributed by atoms with E-state index in [0.29, 0.717) is 23.8 Å². The van der Waals surface area contributed by atoms with Gasteiger partial charge in [0, 0.05) is 4.88 Å². The molecule has 1 aromatic heterocycles. The first kappa shape index (κ1) is 18.4. The highest BCUT2D eigenvalue weighted by Gasteiger charge is 2.28. The Hall–Kier alpha value is -1.36. The predicted molar refractivity (Wildman–Crippen MR) is 99.8 cm³/mol. The lowest BCUT2D eigenvalue weighted by Gasteiger charge is -2.26. The molecule has 0 bridgehead atoms. The van der Waals surface area contributed by atoms with E-state index in [1.54, 1.807) is 18.3 Å². The van der Waals surface area contributed by atoms with E-state index in [0.717, 1.165) is 25.2 Å². The zero-order chi connectivity index (χ0) is 17.6. The molecule has 2 fully saturated rings. The summed E-state index contributed by atoms with van der Waals surface area (Å²) < 4.78 is 5.20. The van der Waals surface area contributed by atoms with Gasteiger partial charge in [-0.1, -0.05) is 32.1 Å². The lowest BCUT2D eigenvalue weighted by molar-refractivity contribution is -0.146. The number of nitrogens with one attached hydrogen (secondary N) is 1. The topological polar surface area (TPSA) is 55.4 Å². The zero-order valence-corrected chi connectivity index (χ0v) is 15.9. The molecule has 4 nitrogen and oxygen atoms in total. The highest BCUT2D eigenvalue weighted by molar-refractivity contribution is 7.14. The summed E-state index contributed by atoms with van der Waals surface area (Å²) in [6, 6.07) is 3.42. The largest absolute Gasteiger partial charge is 0.464 e. The molecule has 2 saturated carbocycles. The van der Waals surface area contributed by atoms with Gasteiger partial charge in [-0.3, -0.25) is 4.79 Å². The first-order valence-electron chi connectivity index (χ1n) is 9.72. The van der Waals surface area contributed by atoms with Crippen LogP contribution in [-0.4, -0.2) is 24.5 Å². The number of esters is 1. The van der Waals surface area contributed by atoms with Gasteiger partial charge in [-0.15, -0.1) is 11.3 Å². The Kier molecular flexibility index (Phi) is 6.51. The van der Waals surface area contributed by atoms with Crippen molar-refractivity contribution in [1.82, 2.24) is 5.32 Å². The van der Waals surface area contributed by atoms with Crippen LogP contribution >= 0.6 is 11.3 Å². The Morgan fingerprint density at radius 3 is 2.60 bits per heavy atom. The standard InChI is InChI=1S/C20H29NO3S/c1-2-24-20(23)17(13-14-6-4-3-5-7-14)21-19(22)18-11-10-16(25-18)12-15-8-9-15/h10-11,14-15,17H,2-9,12-13H2,1H3,(H,21,22)/t17-/m1/s1. The number of ether oxygens (including phenoxy) is 1. The van der Waals surface area contributed by atoms with Crippen molar-refractivity contribution in [3.05, 3.63) is 21.9 Å². The van der Waals surface area contributed by atoms with Crippen molar-refractivity contribution in [2.45, 2.75) is 70.8 Å². The number of carbonyl (C=O) groups is 2. The van der Waals surface area contributed by atoms with Gasteiger partial charge in [0.25, 0.3) is 5.91 Å². The van der Waals surface area contributed by atoms with Crippen molar-refractivity contribution in [2.24, 2.45) is 11.8 Å². The first-order valence-corrected chi connectivity index (χ1v) is 10.5. The molecule has 2 aliphatic carbocycles. The lowest BCUT2D eigenvalue weighted by atomic mass is 9.85. The molecule has 1 aromatic rings. The van der Waals surface area contributed by atoms with Crippen molar-refractivity contribution < 1.29 is 14.3 Å². The van der Waals surface area contributed by atoms with Crippen LogP contribution < -0.4 is 5.32 Å². The molecule has 1 atom stereocenters. The minimum atomic E-state index is -0.524. The monoisotopic (exact) mass is 363 g/mol. The van der Waals surface area contributed by atoms with E-state index in [1.807, 2.05) is 6.07 Å². The normalized spacial score (nSPS) is 19.4. The molecule has 0 aliphatic heterocycles. The lowest BCUT2D eigenvalue weighted by Crippen LogP contribution is -2.43. The number of hydrogen-bond donors (Lipinski definition) is 1. The number of carbonyl (C=O) groups excluding carboxylic acids is 2. The third-order valence-corrected chi connectivity index (χ3v) is 6.35. The van der Waals surface area contributed by atoms with Crippen LogP contribution in [0.1, 0.15) is 72.8 Å². The van der Waals surface area contributed by atoms with Crippen LogP contribution in [-0.2, 0) is 16.0 Å². The molecular formula is C20H29NO3S. The fraction of sp³-hybridized carbons (Fsp3) is 0.700. The SMILES string of the molecule is CCOC(=O)[C@@H](CC1CCCCC1)NC(=O)c1ccc(CC2CC2)s1. The Labute approximate surface area is 154 Å². The molecule has 5 heteroatoms. The molecular weight excluding hydrogens is 334 g/mol. The molecule has 138 valence electrons. The summed E-state index contributed by atoms with van der Waals surface area (Å²) in [5.74, 6) is 0.891. The zero-order valence-electron chi connectivity index (χ0n) is 15.1. The molecule has 0 saturated heterocycles. The van der Waals surface area contributed by atoms with Crippen LogP contribution in [0.5, 0.6) is 0 Å². The van der Waals surface area contributed by atoms with E-state index in [-0.39, 0.29) is 11.9 Å². The third-order valence-electron chi connectivity index (χ3n) is 5.24. The maximum atomic E-state index is 12.6. The van der Waals surface area contributed by atoms with Gasteiger partial charge < -0.3 is 10.1 Å². The Balaban J connectivity index is 1.59. The molecule has 0 radical (unpaired) electrons. The van der Waals surface area contributed by atoms with Crippen LogP contribution in [0.25, 0.3) is 0 Å². The maximum absolute atomic E-state index is 12.6. The summed E-state index contributed by atoms with van der Waals surface area (Å²) in [5.41, 5.74) is 0. The van der Waals surface area contributed by atoms with Crippen LogP contribution in [0.4, 0.5) is 0 Å². The summed E-state index contributed by atoms with van der Waals surface area (Å²) in [6.45, 7) is 2.15. The van der Waals surface area contributed by atoms with Crippen molar-refractivity contribution >= 4 is 23.2 Å². The summed E-state index contributed by atoms with van der Waals surface area (Å²) in [7, 11) is 0. The Morgan fingerprint density at radius 1 is 1.16 bits per heavy atom. The van der Waals surface area contributed by atoms with Gasteiger partial charge in [0.2, 0.25) is 0 Å². The smallest absolute Gasteiger partial charge is 0.328 e. The van der Waals surface area contributed by atoms with E-state index in [1.165, 1.54) is 37.0 Å². The molecule has 0 unspecified atom stereocenters. The van der Waals surface area contributed by atoms with Crippen LogP contribution in [0.3, 0.4) is 0 Å². The van der Waals surface area contributed by atoms with Gasteiger partial charge in [0.15, 0.2) is 0 Å². The number of rotatable bonds is 8. The highest BCUT2D eigenvalue weighted by Crippen LogP contribution is 2.34. The van der Waals surface area contributed by atoms with Crippen LogP contribution in [0, 0.1) is 11.8 Å². The second-order valence-corrected chi connectivity index (χ2v) is 8.60. The van der Waals surface area contributed by atoms with Crippen LogP contribution in [0.2, 0.25) is 0 Å². The second-order valence-electron chi connectivity index (χ2n) is 7.43. The Bertz CT molecular complexity index is 588. The fourth-order valence-electron chi connectivity index (χ4n) is 3.66. The molecule has 1 N–H and O–H groups in total. The van der Waals surface area contributed by atoms with Gasteiger partial charge in [0.1, 0.15) is 6.04 Å². The van der Waals surface area contributed by atoms with Crippen molar-refractivity contribution in [1.29, 1.82) is 0 Å². The third kappa shape index (κ3) is 5.56. The number of thiophene rings is 1. The minimum Gasteiger partial charge on any atom is -0.464 e. The number of amides is 1. The summed E-state index contributed by atoms with van der Waals surface area (Å²) in [5, 5.41) is 2.94. The molecule has 1 amide bonds. The van der Waals surface area contributed by atoms with E-state index in [4.69, 9.17) is 4.74 Å². The molecule has 3 rings (SSSR count). The number of hydrogen-bond acceptors (Lipinski definition) is 4. The second kappa shape index (κ2) is 8.84. The highest BCUT2D eigenvalue weighted by atomic mass is 32.1. The van der Waals surface area contributed by atoms with Crippen LogP contribution in [0.15, 0.2) is 12.1 Å². The molecule has 0 aromatic carbocycles. The molecule has 2 aliphatic rings. The summed E-state index contributed by atoms with van der Waals surface area (Å²) in [6.07, 6.45) is 10.4. The van der Waals surface area contributed by atoms with Crippen molar-refractivity contribution in [3.63, 3.8) is 0 Å². The van der Waals surface area contributed by atoms with E-state index in [9.17, 15) is 9.59 Å². The quantitative estimate of drug-likeness (QED) is 0.699. The predicted octanol–water partition coefficient (Wildman–Crippen LogP) is 4.33.